The van der Waals surface area contributed by atoms with Crippen LogP contribution in [-0.4, -0.2) is 51.0 Å². The molecule has 26 heavy (non-hydrogen) atoms. The molecule has 6 nitrogen and oxygen atoms in total. The first-order valence-electron chi connectivity index (χ1n) is 9.37. The van der Waals surface area contributed by atoms with Gasteiger partial charge in [0.15, 0.2) is 0 Å². The second-order valence-electron chi connectivity index (χ2n) is 7.22. The highest BCUT2D eigenvalue weighted by molar-refractivity contribution is 5.93. The Balaban J connectivity index is 1.73. The third-order valence-corrected chi connectivity index (χ3v) is 4.89. The van der Waals surface area contributed by atoms with Gasteiger partial charge >= 0.3 is 0 Å². The molecule has 6 heteroatoms. The van der Waals surface area contributed by atoms with Crippen molar-refractivity contribution in [3.05, 3.63) is 24.3 Å². The number of hydrogen-bond donors (Lipinski definition) is 2. The Labute approximate surface area is 156 Å². The quantitative estimate of drug-likeness (QED) is 0.698. The van der Waals surface area contributed by atoms with Gasteiger partial charge in [-0.2, -0.15) is 0 Å². The maximum Gasteiger partial charge on any atom is 0.227 e. The normalized spacial score (nSPS) is 19.8. The Hall–Kier alpha value is -2.08. The first-order valence-corrected chi connectivity index (χ1v) is 9.37. The fraction of sp³-hybridized carbons (Fsp3) is 0.600. The number of amides is 2. The molecule has 1 fully saturated rings. The second kappa shape index (κ2) is 10.2. The molecular weight excluding hydrogens is 330 g/mol. The Morgan fingerprint density at radius 2 is 1.77 bits per heavy atom. The van der Waals surface area contributed by atoms with Gasteiger partial charge in [0.2, 0.25) is 11.8 Å². The van der Waals surface area contributed by atoms with Crippen LogP contribution in [0.25, 0.3) is 0 Å². The largest absolute Gasteiger partial charge is 0.497 e. The minimum Gasteiger partial charge on any atom is -0.497 e. The first-order chi connectivity index (χ1) is 12.5. The molecule has 0 saturated heterocycles. The van der Waals surface area contributed by atoms with Crippen molar-refractivity contribution >= 4 is 17.5 Å². The van der Waals surface area contributed by atoms with Crippen molar-refractivity contribution in [2.45, 2.75) is 32.1 Å². The fourth-order valence-electron chi connectivity index (χ4n) is 3.31. The molecule has 1 aromatic rings. The van der Waals surface area contributed by atoms with E-state index in [0.29, 0.717) is 6.54 Å². The molecule has 1 aromatic carbocycles. The molecule has 1 aliphatic carbocycles. The summed E-state index contributed by atoms with van der Waals surface area (Å²) in [6, 6.07) is 7.36. The number of rotatable bonds is 8. The minimum atomic E-state index is -0.0287. The van der Waals surface area contributed by atoms with Gasteiger partial charge in [0.05, 0.1) is 7.11 Å². The number of methoxy groups -OCH3 is 1. The second-order valence-corrected chi connectivity index (χ2v) is 7.22. The highest BCUT2D eigenvalue weighted by atomic mass is 16.5. The van der Waals surface area contributed by atoms with E-state index in [1.807, 2.05) is 38.4 Å². The fourth-order valence-corrected chi connectivity index (χ4v) is 3.31. The van der Waals surface area contributed by atoms with Crippen LogP contribution in [-0.2, 0) is 9.59 Å². The van der Waals surface area contributed by atoms with Crippen LogP contribution in [0.2, 0.25) is 0 Å². The molecule has 0 aliphatic heterocycles. The van der Waals surface area contributed by atoms with Crippen LogP contribution in [0, 0.1) is 11.8 Å². The highest BCUT2D eigenvalue weighted by Gasteiger charge is 2.29. The number of nitrogens with one attached hydrogen (secondary N) is 2. The monoisotopic (exact) mass is 361 g/mol. The van der Waals surface area contributed by atoms with Gasteiger partial charge < -0.3 is 20.3 Å². The third-order valence-electron chi connectivity index (χ3n) is 4.89. The number of hydrogen-bond acceptors (Lipinski definition) is 4. The lowest BCUT2D eigenvalue weighted by atomic mass is 9.81. The van der Waals surface area contributed by atoms with Gasteiger partial charge in [-0.1, -0.05) is 6.07 Å². The summed E-state index contributed by atoms with van der Waals surface area (Å²) in [5.41, 5.74) is 0.745. The topological polar surface area (TPSA) is 70.7 Å². The van der Waals surface area contributed by atoms with Crippen LogP contribution in [0.3, 0.4) is 0 Å². The Kier molecular flexibility index (Phi) is 7.91. The predicted octanol–water partition coefficient (Wildman–Crippen LogP) is 2.51. The molecule has 0 spiro atoms. The summed E-state index contributed by atoms with van der Waals surface area (Å²) in [5, 5.41) is 5.98. The van der Waals surface area contributed by atoms with E-state index in [2.05, 4.69) is 15.5 Å². The summed E-state index contributed by atoms with van der Waals surface area (Å²) in [7, 11) is 5.66. The van der Waals surface area contributed by atoms with Gasteiger partial charge in [-0.15, -0.1) is 0 Å². The summed E-state index contributed by atoms with van der Waals surface area (Å²) in [5.74, 6) is 0.894. The number of anilines is 1. The molecule has 2 N–H and O–H groups in total. The Morgan fingerprint density at radius 1 is 1.12 bits per heavy atom. The SMILES string of the molecule is COc1cccc(NC(=O)C2CCC(C(=O)NCCCN(C)C)CC2)c1. The van der Waals surface area contributed by atoms with Crippen LogP contribution < -0.4 is 15.4 Å². The number of benzene rings is 1. The maximum atomic E-state index is 12.5. The number of ether oxygens (including phenoxy) is 1. The molecule has 0 bridgehead atoms. The molecule has 1 aliphatic rings. The van der Waals surface area contributed by atoms with Crippen molar-refractivity contribution in [2.75, 3.05) is 39.6 Å². The van der Waals surface area contributed by atoms with Crippen molar-refractivity contribution in [3.63, 3.8) is 0 Å². The van der Waals surface area contributed by atoms with Gasteiger partial charge in [0.25, 0.3) is 0 Å². The average Bonchev–Trinajstić information content (AvgIpc) is 2.65. The maximum absolute atomic E-state index is 12.5. The molecule has 0 atom stereocenters. The standard InChI is InChI=1S/C20H31N3O3/c1-23(2)13-5-12-21-19(24)15-8-10-16(11-9-15)20(25)22-17-6-4-7-18(14-17)26-3/h4,6-7,14-16H,5,8-13H2,1-3H3,(H,21,24)(H,22,25). The lowest BCUT2D eigenvalue weighted by Crippen LogP contribution is -2.36. The molecule has 2 rings (SSSR count). The molecule has 0 aromatic heterocycles. The van der Waals surface area contributed by atoms with Crippen molar-refractivity contribution in [2.24, 2.45) is 11.8 Å². The van der Waals surface area contributed by atoms with Crippen molar-refractivity contribution < 1.29 is 14.3 Å². The number of carbonyl (C=O) groups excluding carboxylic acids is 2. The Bertz CT molecular complexity index is 596. The summed E-state index contributed by atoms with van der Waals surface area (Å²) in [6.45, 7) is 1.69. The van der Waals surface area contributed by atoms with Crippen molar-refractivity contribution in [3.8, 4) is 5.75 Å². The predicted molar refractivity (Wildman–Crippen MR) is 103 cm³/mol. The summed E-state index contributed by atoms with van der Waals surface area (Å²) < 4.78 is 5.18. The zero-order valence-electron chi connectivity index (χ0n) is 16.1. The van der Waals surface area contributed by atoms with E-state index in [1.165, 1.54) is 0 Å². The van der Waals surface area contributed by atoms with E-state index in [4.69, 9.17) is 4.74 Å². The zero-order valence-corrected chi connectivity index (χ0v) is 16.1. The van der Waals surface area contributed by atoms with Crippen LogP contribution in [0.4, 0.5) is 5.69 Å². The highest BCUT2D eigenvalue weighted by Crippen LogP contribution is 2.30. The molecule has 1 saturated carbocycles. The first kappa shape index (κ1) is 20.2. The van der Waals surface area contributed by atoms with Crippen molar-refractivity contribution in [1.29, 1.82) is 0 Å². The van der Waals surface area contributed by atoms with Crippen molar-refractivity contribution in [1.82, 2.24) is 10.2 Å². The van der Waals surface area contributed by atoms with Crippen LogP contribution >= 0.6 is 0 Å². The lowest BCUT2D eigenvalue weighted by molar-refractivity contribution is -0.128. The molecule has 144 valence electrons. The van der Waals surface area contributed by atoms with E-state index in [-0.39, 0.29) is 23.7 Å². The molecule has 0 heterocycles. The zero-order chi connectivity index (χ0) is 18.9. The van der Waals surface area contributed by atoms with Gasteiger partial charge in [-0.25, -0.2) is 0 Å². The smallest absolute Gasteiger partial charge is 0.227 e. The average molecular weight is 361 g/mol. The van der Waals surface area contributed by atoms with E-state index >= 15 is 0 Å². The third kappa shape index (κ3) is 6.33. The summed E-state index contributed by atoms with van der Waals surface area (Å²) in [6.07, 6.45) is 4.01. The summed E-state index contributed by atoms with van der Waals surface area (Å²) >= 11 is 0. The van der Waals surface area contributed by atoms with Gasteiger partial charge in [-0.3, -0.25) is 9.59 Å². The van der Waals surface area contributed by atoms with E-state index < -0.39 is 0 Å². The number of nitrogens with zero attached hydrogens (tertiary/aromatic N) is 1. The van der Waals surface area contributed by atoms with E-state index in [0.717, 1.165) is 50.1 Å². The molecule has 0 radical (unpaired) electrons. The molecular formula is C20H31N3O3. The van der Waals surface area contributed by atoms with Crippen LogP contribution in [0.15, 0.2) is 24.3 Å². The Morgan fingerprint density at radius 3 is 2.38 bits per heavy atom. The lowest BCUT2D eigenvalue weighted by Gasteiger charge is -2.27. The van der Waals surface area contributed by atoms with Crippen LogP contribution in [0.5, 0.6) is 5.75 Å². The number of carbonyl (C=O) groups is 2. The molecule has 2 amide bonds. The van der Waals surface area contributed by atoms with E-state index in [9.17, 15) is 9.59 Å². The van der Waals surface area contributed by atoms with Crippen LogP contribution in [0.1, 0.15) is 32.1 Å². The van der Waals surface area contributed by atoms with Gasteiger partial charge in [0, 0.05) is 30.1 Å². The minimum absolute atomic E-state index is 0.0287. The molecule has 0 unspecified atom stereocenters. The van der Waals surface area contributed by atoms with Gasteiger partial charge in [0.1, 0.15) is 5.75 Å². The van der Waals surface area contributed by atoms with E-state index in [1.54, 1.807) is 7.11 Å². The summed E-state index contributed by atoms with van der Waals surface area (Å²) in [4.78, 5) is 26.8. The van der Waals surface area contributed by atoms with Gasteiger partial charge in [-0.05, 0) is 64.9 Å².